The first-order chi connectivity index (χ1) is 10.3. The number of carbonyl (C=O) groups is 1. The molecular formula is C17H28N2O3. The molecule has 1 aromatic rings. The summed E-state index contributed by atoms with van der Waals surface area (Å²) in [6.07, 6.45) is 1.02. The van der Waals surface area contributed by atoms with E-state index in [-0.39, 0.29) is 5.60 Å². The van der Waals surface area contributed by atoms with Crippen molar-refractivity contribution in [2.24, 2.45) is 5.73 Å². The molecule has 1 aliphatic heterocycles. The van der Waals surface area contributed by atoms with Crippen molar-refractivity contribution in [3.05, 3.63) is 42.5 Å². The molecule has 0 atom stereocenters. The Bertz CT molecular complexity index is 444. The average Bonchev–Trinajstić information content (AvgIpc) is 2.78. The number of amides is 2. The Morgan fingerprint density at radius 1 is 1.41 bits per heavy atom. The second-order valence-corrected chi connectivity index (χ2v) is 5.39. The zero-order chi connectivity index (χ0) is 17.0. The summed E-state index contributed by atoms with van der Waals surface area (Å²) in [5, 5.41) is 2.35. The highest BCUT2D eigenvalue weighted by atomic mass is 16.5. The first-order valence-corrected chi connectivity index (χ1v) is 7.23. The number of methoxy groups -OCH3 is 1. The van der Waals surface area contributed by atoms with E-state index < -0.39 is 6.03 Å². The van der Waals surface area contributed by atoms with Crippen molar-refractivity contribution in [2.45, 2.75) is 32.8 Å². The lowest BCUT2D eigenvalue weighted by molar-refractivity contribution is 0.0377. The van der Waals surface area contributed by atoms with Gasteiger partial charge in [0, 0.05) is 6.54 Å². The highest BCUT2D eigenvalue weighted by molar-refractivity contribution is 5.71. The Hall–Kier alpha value is -2.01. The van der Waals surface area contributed by atoms with E-state index in [1.165, 1.54) is 5.57 Å². The summed E-state index contributed by atoms with van der Waals surface area (Å²) >= 11 is 0. The number of benzene rings is 1. The lowest BCUT2D eigenvalue weighted by Crippen LogP contribution is -2.28. The van der Waals surface area contributed by atoms with Crippen molar-refractivity contribution in [1.82, 2.24) is 5.32 Å². The lowest BCUT2D eigenvalue weighted by Gasteiger charge is -2.13. The molecule has 0 saturated carbocycles. The number of nitrogens with two attached hydrogens (primary N) is 1. The smallest absolute Gasteiger partial charge is 0.312 e. The van der Waals surface area contributed by atoms with Crippen molar-refractivity contribution in [3.8, 4) is 5.75 Å². The minimum atomic E-state index is -0.461. The molecule has 0 aliphatic carbocycles. The van der Waals surface area contributed by atoms with Gasteiger partial charge in [0.05, 0.1) is 19.3 Å². The molecule has 1 saturated heterocycles. The number of para-hydroxylation sites is 1. The van der Waals surface area contributed by atoms with E-state index >= 15 is 0 Å². The lowest BCUT2D eigenvalue weighted by atomic mass is 10.0. The molecule has 124 valence electrons. The molecule has 1 heterocycles. The first kappa shape index (κ1) is 20.0. The fraction of sp³-hybridized carbons (Fsp3) is 0.471. The van der Waals surface area contributed by atoms with Crippen LogP contribution in [-0.4, -0.2) is 31.9 Å². The van der Waals surface area contributed by atoms with Crippen molar-refractivity contribution < 1.29 is 14.3 Å². The molecule has 1 fully saturated rings. The fourth-order valence-electron chi connectivity index (χ4n) is 1.73. The zero-order valence-electron chi connectivity index (χ0n) is 14.0. The summed E-state index contributed by atoms with van der Waals surface area (Å²) in [5.74, 6) is 0.910. The standard InChI is InChI=1S/C7H12O.C7H8O.C3H8N2O/c1-6-4-7(2,3)8-5-6;1-8-7-5-3-2-4-6-7;1-2-5-3(4)6/h1,4-5H2,2-3H3;2-6H,1H3;2H2,1H3,(H3,4,5,6). The maximum atomic E-state index is 9.71. The van der Waals surface area contributed by atoms with Crippen LogP contribution < -0.4 is 15.8 Å². The molecule has 2 amide bonds. The predicted molar refractivity (Wildman–Crippen MR) is 90.0 cm³/mol. The van der Waals surface area contributed by atoms with Crippen LogP contribution in [0.1, 0.15) is 27.2 Å². The van der Waals surface area contributed by atoms with E-state index in [1.807, 2.05) is 37.3 Å². The highest BCUT2D eigenvalue weighted by Gasteiger charge is 2.25. The van der Waals surface area contributed by atoms with Gasteiger partial charge >= 0.3 is 6.03 Å². The van der Waals surface area contributed by atoms with E-state index in [0.717, 1.165) is 18.8 Å². The summed E-state index contributed by atoms with van der Waals surface area (Å²) in [6.45, 7) is 11.2. The topological polar surface area (TPSA) is 73.6 Å². The van der Waals surface area contributed by atoms with Gasteiger partial charge in [-0.25, -0.2) is 4.79 Å². The molecule has 1 aromatic carbocycles. The van der Waals surface area contributed by atoms with Crippen LogP contribution in [0.2, 0.25) is 0 Å². The van der Waals surface area contributed by atoms with Crippen LogP contribution in [0.15, 0.2) is 42.5 Å². The van der Waals surface area contributed by atoms with Gasteiger partial charge in [0.25, 0.3) is 0 Å². The average molecular weight is 308 g/mol. The van der Waals surface area contributed by atoms with Crippen LogP contribution in [0.3, 0.4) is 0 Å². The Morgan fingerprint density at radius 3 is 2.18 bits per heavy atom. The van der Waals surface area contributed by atoms with Gasteiger partial charge in [-0.05, 0) is 44.9 Å². The number of ether oxygens (including phenoxy) is 2. The number of rotatable bonds is 2. The van der Waals surface area contributed by atoms with E-state index in [2.05, 4.69) is 31.5 Å². The number of urea groups is 1. The molecule has 0 aromatic heterocycles. The number of hydrogen-bond donors (Lipinski definition) is 2. The molecular weight excluding hydrogens is 280 g/mol. The van der Waals surface area contributed by atoms with Crippen molar-refractivity contribution in [2.75, 3.05) is 20.3 Å². The molecule has 5 heteroatoms. The fourth-order valence-corrected chi connectivity index (χ4v) is 1.73. The van der Waals surface area contributed by atoms with Crippen molar-refractivity contribution in [1.29, 1.82) is 0 Å². The van der Waals surface area contributed by atoms with Crippen LogP contribution in [0.4, 0.5) is 4.79 Å². The van der Waals surface area contributed by atoms with Crippen LogP contribution in [-0.2, 0) is 4.74 Å². The van der Waals surface area contributed by atoms with Gasteiger partial charge in [-0.1, -0.05) is 24.8 Å². The maximum absolute atomic E-state index is 9.71. The first-order valence-electron chi connectivity index (χ1n) is 7.23. The van der Waals surface area contributed by atoms with Gasteiger partial charge in [-0.2, -0.15) is 0 Å². The summed E-state index contributed by atoms with van der Waals surface area (Å²) < 4.78 is 10.3. The third-order valence-electron chi connectivity index (χ3n) is 2.67. The SMILES string of the molecule is C=C1COC(C)(C)C1.CCNC(N)=O.COc1ccccc1. The molecule has 1 aliphatic rings. The van der Waals surface area contributed by atoms with Gasteiger partial charge < -0.3 is 20.5 Å². The van der Waals surface area contributed by atoms with E-state index in [1.54, 1.807) is 7.11 Å². The Morgan fingerprint density at radius 2 is 2.00 bits per heavy atom. The Labute approximate surface area is 133 Å². The predicted octanol–water partition coefficient (Wildman–Crippen LogP) is 3.11. The molecule has 0 unspecified atom stereocenters. The van der Waals surface area contributed by atoms with Crippen molar-refractivity contribution in [3.63, 3.8) is 0 Å². The van der Waals surface area contributed by atoms with Crippen LogP contribution >= 0.6 is 0 Å². The number of carbonyl (C=O) groups excluding carboxylic acids is 1. The van der Waals surface area contributed by atoms with Gasteiger partial charge in [-0.3, -0.25) is 0 Å². The van der Waals surface area contributed by atoms with Gasteiger partial charge in [0.2, 0.25) is 0 Å². The van der Waals surface area contributed by atoms with Gasteiger partial charge in [0.15, 0.2) is 0 Å². The van der Waals surface area contributed by atoms with Gasteiger partial charge in [-0.15, -0.1) is 0 Å². The summed E-state index contributed by atoms with van der Waals surface area (Å²) in [5.41, 5.74) is 5.94. The zero-order valence-corrected chi connectivity index (χ0v) is 14.0. The van der Waals surface area contributed by atoms with Crippen LogP contribution in [0.5, 0.6) is 5.75 Å². The van der Waals surface area contributed by atoms with E-state index in [0.29, 0.717) is 6.54 Å². The quantitative estimate of drug-likeness (QED) is 0.824. The molecule has 3 N–H and O–H groups in total. The summed E-state index contributed by atoms with van der Waals surface area (Å²) in [7, 11) is 1.66. The normalized spacial score (nSPS) is 14.8. The molecule has 5 nitrogen and oxygen atoms in total. The molecule has 22 heavy (non-hydrogen) atoms. The largest absolute Gasteiger partial charge is 0.497 e. The van der Waals surface area contributed by atoms with Crippen LogP contribution in [0, 0.1) is 0 Å². The second-order valence-electron chi connectivity index (χ2n) is 5.39. The second kappa shape index (κ2) is 10.7. The van der Waals surface area contributed by atoms with Crippen LogP contribution in [0.25, 0.3) is 0 Å². The number of hydrogen-bond acceptors (Lipinski definition) is 3. The van der Waals surface area contributed by atoms with Crippen molar-refractivity contribution >= 4 is 6.03 Å². The molecule has 2 rings (SSSR count). The van der Waals surface area contributed by atoms with E-state index in [4.69, 9.17) is 9.47 Å². The van der Waals surface area contributed by atoms with Gasteiger partial charge in [0.1, 0.15) is 5.75 Å². The minimum absolute atomic E-state index is 0.0666. The monoisotopic (exact) mass is 308 g/mol. The molecule has 0 spiro atoms. The number of primary amides is 1. The molecule has 0 bridgehead atoms. The Balaban J connectivity index is 0.000000306. The maximum Gasteiger partial charge on any atom is 0.312 e. The molecule has 0 radical (unpaired) electrons. The minimum Gasteiger partial charge on any atom is -0.497 e. The summed E-state index contributed by atoms with van der Waals surface area (Å²) in [6, 6.07) is 9.22. The number of nitrogens with one attached hydrogen (secondary N) is 1. The summed E-state index contributed by atoms with van der Waals surface area (Å²) in [4.78, 5) is 9.71. The third kappa shape index (κ3) is 10.7. The van der Waals surface area contributed by atoms with E-state index in [9.17, 15) is 4.79 Å². The third-order valence-corrected chi connectivity index (χ3v) is 2.67. The highest BCUT2D eigenvalue weighted by Crippen LogP contribution is 2.26. The Kier molecular flexibility index (Phi) is 9.70.